The molecule has 124 valence electrons. The van der Waals surface area contributed by atoms with Crippen LogP contribution in [0.3, 0.4) is 0 Å². The minimum Gasteiger partial charge on any atom is -0.401 e. The zero-order chi connectivity index (χ0) is 17.3. The van der Waals surface area contributed by atoms with E-state index >= 15 is 0 Å². The van der Waals surface area contributed by atoms with Gasteiger partial charge in [0, 0.05) is 31.2 Å². The molecule has 0 spiro atoms. The third kappa shape index (κ3) is 2.73. The van der Waals surface area contributed by atoms with E-state index in [4.69, 9.17) is 5.73 Å². The highest BCUT2D eigenvalue weighted by atomic mass is 16.2. The average molecular weight is 323 g/mol. The fraction of sp³-hybridized carbons (Fsp3) is 0.263. The number of allylic oxidation sites excluding steroid dienone is 5. The van der Waals surface area contributed by atoms with Crippen molar-refractivity contribution in [3.05, 3.63) is 53.8 Å². The molecule has 24 heavy (non-hydrogen) atoms. The van der Waals surface area contributed by atoms with Crippen molar-refractivity contribution in [2.45, 2.75) is 26.3 Å². The Morgan fingerprint density at radius 3 is 2.79 bits per heavy atom. The van der Waals surface area contributed by atoms with Gasteiger partial charge in [0.2, 0.25) is 12.3 Å². The van der Waals surface area contributed by atoms with Crippen molar-refractivity contribution < 1.29 is 9.59 Å². The number of nitrogens with two attached hydrogens (primary N) is 1. The lowest BCUT2D eigenvalue weighted by atomic mass is 9.99. The second kappa shape index (κ2) is 6.35. The van der Waals surface area contributed by atoms with Gasteiger partial charge in [0.05, 0.1) is 17.4 Å². The fourth-order valence-electron chi connectivity index (χ4n) is 3.33. The summed E-state index contributed by atoms with van der Waals surface area (Å²) in [4.78, 5) is 26.9. The maximum absolute atomic E-state index is 12.0. The Balaban J connectivity index is 2.12. The number of nitrogens with zero attached hydrogens (tertiary/aromatic N) is 2. The van der Waals surface area contributed by atoms with E-state index in [1.165, 1.54) is 0 Å². The van der Waals surface area contributed by atoms with E-state index in [0.29, 0.717) is 13.0 Å². The molecule has 1 aromatic rings. The Kier molecular flexibility index (Phi) is 4.25. The van der Waals surface area contributed by atoms with Crippen LogP contribution in [-0.2, 0) is 9.59 Å². The first kappa shape index (κ1) is 16.1. The normalized spacial score (nSPS) is 20.0. The lowest BCUT2D eigenvalue weighted by molar-refractivity contribution is -0.117. The molecule has 2 amide bonds. The second-order valence-corrected chi connectivity index (χ2v) is 6.13. The van der Waals surface area contributed by atoms with E-state index in [9.17, 15) is 9.59 Å². The van der Waals surface area contributed by atoms with Gasteiger partial charge in [0.15, 0.2) is 0 Å². The molecule has 1 heterocycles. The predicted octanol–water partition coefficient (Wildman–Crippen LogP) is 2.59. The predicted molar refractivity (Wildman–Crippen MR) is 96.5 cm³/mol. The Hall–Kier alpha value is -2.82. The zero-order valence-electron chi connectivity index (χ0n) is 13.9. The van der Waals surface area contributed by atoms with Crippen molar-refractivity contribution in [3.63, 3.8) is 0 Å². The van der Waals surface area contributed by atoms with E-state index in [1.54, 1.807) is 16.7 Å². The second-order valence-electron chi connectivity index (χ2n) is 6.13. The largest absolute Gasteiger partial charge is 0.401 e. The summed E-state index contributed by atoms with van der Waals surface area (Å²) in [6, 6.07) is 5.72. The summed E-state index contributed by atoms with van der Waals surface area (Å²) in [5, 5.41) is 0. The minimum absolute atomic E-state index is 0.0284. The highest BCUT2D eigenvalue weighted by Crippen LogP contribution is 2.38. The van der Waals surface area contributed by atoms with Crippen LogP contribution in [0.5, 0.6) is 0 Å². The van der Waals surface area contributed by atoms with Gasteiger partial charge in [-0.3, -0.25) is 9.59 Å². The number of rotatable bonds is 2. The molecule has 5 heteroatoms. The molecule has 1 aromatic carbocycles. The molecule has 0 radical (unpaired) electrons. The molecule has 3 rings (SSSR count). The third-order valence-electron chi connectivity index (χ3n) is 4.42. The number of hydrogen-bond donors (Lipinski definition) is 1. The van der Waals surface area contributed by atoms with Crippen LogP contribution in [-0.4, -0.2) is 24.9 Å². The maximum atomic E-state index is 12.0. The number of benzene rings is 1. The summed E-state index contributed by atoms with van der Waals surface area (Å²) in [6.45, 7) is 3.96. The van der Waals surface area contributed by atoms with Crippen molar-refractivity contribution in [1.29, 1.82) is 0 Å². The molecule has 1 unspecified atom stereocenters. The van der Waals surface area contributed by atoms with Gasteiger partial charge in [-0.05, 0) is 24.6 Å². The smallest absolute Gasteiger partial charge is 0.224 e. The quantitative estimate of drug-likeness (QED) is 0.851. The molecule has 0 bridgehead atoms. The molecule has 2 aliphatic rings. The maximum Gasteiger partial charge on any atom is 0.224 e. The molecule has 0 aromatic heterocycles. The SMILES string of the molecule is CC(=O)N1c2ccc(C3=C(N)CC=CC=C3)cc2N(C=O)CC1C. The number of carbonyl (C=O) groups excluding carboxylic acids is 2. The fourth-order valence-corrected chi connectivity index (χ4v) is 3.33. The summed E-state index contributed by atoms with van der Waals surface area (Å²) < 4.78 is 0. The summed E-state index contributed by atoms with van der Waals surface area (Å²) in [5.74, 6) is -0.0284. The first-order valence-corrected chi connectivity index (χ1v) is 8.01. The van der Waals surface area contributed by atoms with Gasteiger partial charge in [-0.2, -0.15) is 0 Å². The van der Waals surface area contributed by atoms with Crippen LogP contribution in [0.4, 0.5) is 11.4 Å². The van der Waals surface area contributed by atoms with Crippen molar-refractivity contribution in [2.24, 2.45) is 5.73 Å². The van der Waals surface area contributed by atoms with Crippen molar-refractivity contribution in [2.75, 3.05) is 16.3 Å². The van der Waals surface area contributed by atoms with Crippen LogP contribution in [0.15, 0.2) is 48.2 Å². The van der Waals surface area contributed by atoms with Crippen molar-refractivity contribution in [3.8, 4) is 0 Å². The molecule has 0 saturated heterocycles. The van der Waals surface area contributed by atoms with Gasteiger partial charge in [-0.15, -0.1) is 0 Å². The monoisotopic (exact) mass is 323 g/mol. The summed E-state index contributed by atoms with van der Waals surface area (Å²) in [5.41, 5.74) is 10.3. The Labute approximate surface area is 141 Å². The standard InChI is InChI=1S/C19H21N3O2/c1-13-11-21(12-23)19-10-15(8-9-18(19)22(13)14(2)24)16-6-4-3-5-7-17(16)20/h3-6,8-10,12-13H,7,11,20H2,1-2H3. The van der Waals surface area contributed by atoms with Crippen LogP contribution >= 0.6 is 0 Å². The molecule has 0 saturated carbocycles. The van der Waals surface area contributed by atoms with Crippen molar-refractivity contribution in [1.82, 2.24) is 0 Å². The van der Waals surface area contributed by atoms with Gasteiger partial charge < -0.3 is 15.5 Å². The lowest BCUT2D eigenvalue weighted by Crippen LogP contribution is -2.49. The Morgan fingerprint density at radius 1 is 1.29 bits per heavy atom. The Bertz CT molecular complexity index is 777. The van der Waals surface area contributed by atoms with E-state index in [2.05, 4.69) is 0 Å². The molecule has 0 fully saturated rings. The summed E-state index contributed by atoms with van der Waals surface area (Å²) in [7, 11) is 0. The number of anilines is 2. The Morgan fingerprint density at radius 2 is 2.08 bits per heavy atom. The molecular weight excluding hydrogens is 302 g/mol. The van der Waals surface area contributed by atoms with Gasteiger partial charge in [0.1, 0.15) is 0 Å². The minimum atomic E-state index is -0.0580. The first-order chi connectivity index (χ1) is 11.5. The third-order valence-corrected chi connectivity index (χ3v) is 4.42. The van der Waals surface area contributed by atoms with Crippen LogP contribution in [0, 0.1) is 0 Å². The zero-order valence-corrected chi connectivity index (χ0v) is 13.9. The average Bonchev–Trinajstić information content (AvgIpc) is 2.77. The van der Waals surface area contributed by atoms with Crippen LogP contribution in [0.2, 0.25) is 0 Å². The lowest BCUT2D eigenvalue weighted by Gasteiger charge is -2.39. The molecule has 1 aliphatic carbocycles. The van der Waals surface area contributed by atoms with Crippen LogP contribution < -0.4 is 15.5 Å². The van der Waals surface area contributed by atoms with Gasteiger partial charge in [0.25, 0.3) is 0 Å². The molecule has 5 nitrogen and oxygen atoms in total. The van der Waals surface area contributed by atoms with Crippen LogP contribution in [0.1, 0.15) is 25.8 Å². The summed E-state index contributed by atoms with van der Waals surface area (Å²) >= 11 is 0. The molecule has 1 atom stereocenters. The molecular formula is C19H21N3O2. The number of amides is 2. The van der Waals surface area contributed by atoms with E-state index in [0.717, 1.165) is 34.6 Å². The van der Waals surface area contributed by atoms with Crippen LogP contribution in [0.25, 0.3) is 5.57 Å². The summed E-state index contributed by atoms with van der Waals surface area (Å²) in [6.07, 6.45) is 9.41. The van der Waals surface area contributed by atoms with Gasteiger partial charge in [-0.25, -0.2) is 0 Å². The van der Waals surface area contributed by atoms with Gasteiger partial charge >= 0.3 is 0 Å². The van der Waals surface area contributed by atoms with E-state index < -0.39 is 0 Å². The van der Waals surface area contributed by atoms with Crippen molar-refractivity contribution >= 4 is 29.3 Å². The topological polar surface area (TPSA) is 66.6 Å². The number of hydrogen-bond acceptors (Lipinski definition) is 3. The number of carbonyl (C=O) groups is 2. The van der Waals surface area contributed by atoms with E-state index in [-0.39, 0.29) is 11.9 Å². The first-order valence-electron chi connectivity index (χ1n) is 8.01. The molecule has 2 N–H and O–H groups in total. The van der Waals surface area contributed by atoms with E-state index in [1.807, 2.05) is 49.4 Å². The van der Waals surface area contributed by atoms with Gasteiger partial charge in [-0.1, -0.05) is 30.4 Å². The highest BCUT2D eigenvalue weighted by Gasteiger charge is 2.30. The molecule has 1 aliphatic heterocycles. The highest BCUT2D eigenvalue weighted by molar-refractivity contribution is 6.00. The number of fused-ring (bicyclic) bond motifs is 1.